The van der Waals surface area contributed by atoms with Gasteiger partial charge in [0.2, 0.25) is 5.91 Å². The SMILES string of the molecule is CCCNC(=O)c1c(NC(=O)CCC)sc2c1CC(Nc1ccc(OC(F)(F)F)cc1)CC2. The first-order valence-electron chi connectivity index (χ1n) is 11.0. The van der Waals surface area contributed by atoms with Crippen LogP contribution in [-0.4, -0.2) is 30.8 Å². The van der Waals surface area contributed by atoms with Crippen molar-refractivity contribution in [2.45, 2.75) is 64.8 Å². The molecular weight excluding hydrogens is 455 g/mol. The van der Waals surface area contributed by atoms with Gasteiger partial charge in [-0.15, -0.1) is 24.5 Å². The van der Waals surface area contributed by atoms with Crippen LogP contribution in [0.5, 0.6) is 5.75 Å². The van der Waals surface area contributed by atoms with Crippen LogP contribution in [0.25, 0.3) is 0 Å². The minimum absolute atomic E-state index is 0.00148. The molecule has 1 heterocycles. The Morgan fingerprint density at radius 2 is 1.88 bits per heavy atom. The highest BCUT2D eigenvalue weighted by molar-refractivity contribution is 7.17. The molecule has 1 atom stereocenters. The first kappa shape index (κ1) is 24.9. The molecule has 180 valence electrons. The van der Waals surface area contributed by atoms with Crippen LogP contribution in [-0.2, 0) is 17.6 Å². The summed E-state index contributed by atoms with van der Waals surface area (Å²) in [6, 6.07) is 5.60. The lowest BCUT2D eigenvalue weighted by Crippen LogP contribution is -2.30. The Hall–Kier alpha value is -2.75. The Bertz CT molecular complexity index is 974. The van der Waals surface area contributed by atoms with Gasteiger partial charge in [-0.25, -0.2) is 0 Å². The number of hydrogen-bond acceptors (Lipinski definition) is 5. The van der Waals surface area contributed by atoms with E-state index in [0.29, 0.717) is 42.1 Å². The number of carbonyl (C=O) groups excluding carboxylic acids is 2. The maximum atomic E-state index is 12.9. The van der Waals surface area contributed by atoms with Crippen molar-refractivity contribution in [2.75, 3.05) is 17.2 Å². The van der Waals surface area contributed by atoms with Crippen molar-refractivity contribution in [1.29, 1.82) is 0 Å². The van der Waals surface area contributed by atoms with Gasteiger partial charge in [-0.3, -0.25) is 9.59 Å². The second kappa shape index (κ2) is 10.9. The highest BCUT2D eigenvalue weighted by Gasteiger charge is 2.31. The fourth-order valence-corrected chi connectivity index (χ4v) is 5.02. The number of thiophene rings is 1. The van der Waals surface area contributed by atoms with Crippen LogP contribution >= 0.6 is 11.3 Å². The zero-order valence-electron chi connectivity index (χ0n) is 18.6. The number of halogens is 3. The molecule has 1 unspecified atom stereocenters. The fraction of sp³-hybridized carbons (Fsp3) is 0.478. The van der Waals surface area contributed by atoms with Gasteiger partial charge in [-0.2, -0.15) is 0 Å². The van der Waals surface area contributed by atoms with Gasteiger partial charge in [0.1, 0.15) is 10.8 Å². The van der Waals surface area contributed by atoms with Crippen LogP contribution in [0.1, 0.15) is 60.3 Å². The molecule has 0 saturated heterocycles. The largest absolute Gasteiger partial charge is 0.573 e. The number of aryl methyl sites for hydroxylation is 1. The van der Waals surface area contributed by atoms with E-state index in [-0.39, 0.29) is 23.6 Å². The predicted molar refractivity (Wildman–Crippen MR) is 123 cm³/mol. The second-order valence-electron chi connectivity index (χ2n) is 7.92. The van der Waals surface area contributed by atoms with Gasteiger partial charge in [-0.05, 0) is 61.9 Å². The van der Waals surface area contributed by atoms with Gasteiger partial charge in [0.05, 0.1) is 5.56 Å². The molecule has 3 rings (SSSR count). The Balaban J connectivity index is 1.77. The highest BCUT2D eigenvalue weighted by atomic mass is 32.1. The third-order valence-corrected chi connectivity index (χ3v) is 6.42. The lowest BCUT2D eigenvalue weighted by atomic mass is 9.91. The van der Waals surface area contributed by atoms with Crippen molar-refractivity contribution in [3.63, 3.8) is 0 Å². The van der Waals surface area contributed by atoms with Crippen molar-refractivity contribution in [1.82, 2.24) is 5.32 Å². The summed E-state index contributed by atoms with van der Waals surface area (Å²) < 4.78 is 41.0. The fourth-order valence-electron chi connectivity index (χ4n) is 3.77. The van der Waals surface area contributed by atoms with Crippen LogP contribution < -0.4 is 20.7 Å². The molecule has 0 bridgehead atoms. The number of carbonyl (C=O) groups is 2. The van der Waals surface area contributed by atoms with Crippen molar-refractivity contribution >= 4 is 33.8 Å². The molecule has 2 amide bonds. The number of ether oxygens (including phenoxy) is 1. The molecule has 0 saturated carbocycles. The Labute approximate surface area is 194 Å². The van der Waals surface area contributed by atoms with Crippen LogP contribution in [0.3, 0.4) is 0 Å². The minimum atomic E-state index is -4.73. The monoisotopic (exact) mass is 483 g/mol. The summed E-state index contributed by atoms with van der Waals surface area (Å²) in [5.41, 5.74) is 2.11. The van der Waals surface area contributed by atoms with Gasteiger partial charge >= 0.3 is 6.36 Å². The van der Waals surface area contributed by atoms with E-state index in [1.807, 2.05) is 13.8 Å². The number of rotatable bonds is 9. The smallest absolute Gasteiger partial charge is 0.406 e. The van der Waals surface area contributed by atoms with E-state index in [9.17, 15) is 22.8 Å². The zero-order valence-corrected chi connectivity index (χ0v) is 19.4. The topological polar surface area (TPSA) is 79.5 Å². The van der Waals surface area contributed by atoms with Crippen LogP contribution in [0, 0.1) is 0 Å². The molecule has 33 heavy (non-hydrogen) atoms. The standard InChI is InChI=1S/C23H28F3N3O3S/c1-3-5-19(30)29-22-20(21(31)27-12-4-2)17-13-15(8-11-18(17)33-22)28-14-6-9-16(10-7-14)32-23(24,25)26/h6-7,9-10,15,28H,3-5,8,11-13H2,1-2H3,(H,27,31)(H,29,30). The van der Waals surface area contributed by atoms with Crippen molar-refractivity contribution < 1.29 is 27.5 Å². The normalized spacial score (nSPS) is 15.5. The highest BCUT2D eigenvalue weighted by Crippen LogP contribution is 2.39. The summed E-state index contributed by atoms with van der Waals surface area (Å²) in [7, 11) is 0. The summed E-state index contributed by atoms with van der Waals surface area (Å²) >= 11 is 1.45. The van der Waals surface area contributed by atoms with Crippen LogP contribution in [0.15, 0.2) is 24.3 Å². The molecule has 0 radical (unpaired) electrons. The summed E-state index contributed by atoms with van der Waals surface area (Å²) in [5.74, 6) is -0.592. The van der Waals surface area contributed by atoms with Crippen molar-refractivity contribution in [3.05, 3.63) is 40.3 Å². The predicted octanol–water partition coefficient (Wildman–Crippen LogP) is 5.49. The average Bonchev–Trinajstić information content (AvgIpc) is 3.09. The van der Waals surface area contributed by atoms with E-state index >= 15 is 0 Å². The number of benzene rings is 1. The third-order valence-electron chi connectivity index (χ3n) is 5.21. The number of fused-ring (bicyclic) bond motifs is 1. The average molecular weight is 484 g/mol. The van der Waals surface area contributed by atoms with E-state index in [0.717, 1.165) is 29.7 Å². The summed E-state index contributed by atoms with van der Waals surface area (Å²) in [5, 5.41) is 9.74. The summed E-state index contributed by atoms with van der Waals surface area (Å²) in [4.78, 5) is 26.2. The van der Waals surface area contributed by atoms with Crippen LogP contribution in [0.2, 0.25) is 0 Å². The maximum absolute atomic E-state index is 12.9. The lowest BCUT2D eigenvalue weighted by Gasteiger charge is -2.25. The van der Waals surface area contributed by atoms with Gasteiger partial charge in [-0.1, -0.05) is 13.8 Å². The van der Waals surface area contributed by atoms with E-state index in [1.54, 1.807) is 0 Å². The van der Waals surface area contributed by atoms with Gasteiger partial charge in [0.15, 0.2) is 0 Å². The summed E-state index contributed by atoms with van der Waals surface area (Å²) in [6.45, 7) is 4.43. The van der Waals surface area contributed by atoms with E-state index in [2.05, 4.69) is 20.7 Å². The first-order valence-corrected chi connectivity index (χ1v) is 11.9. The molecule has 0 spiro atoms. The maximum Gasteiger partial charge on any atom is 0.573 e. The first-order chi connectivity index (χ1) is 15.7. The lowest BCUT2D eigenvalue weighted by molar-refractivity contribution is -0.274. The molecule has 0 fully saturated rings. The number of alkyl halides is 3. The van der Waals surface area contributed by atoms with E-state index in [1.165, 1.54) is 35.6 Å². The molecule has 1 aliphatic rings. The Morgan fingerprint density at radius 3 is 2.52 bits per heavy atom. The van der Waals surface area contributed by atoms with E-state index in [4.69, 9.17) is 0 Å². The Morgan fingerprint density at radius 1 is 1.15 bits per heavy atom. The van der Waals surface area contributed by atoms with Crippen LogP contribution in [0.4, 0.5) is 23.9 Å². The number of nitrogens with one attached hydrogen (secondary N) is 3. The second-order valence-corrected chi connectivity index (χ2v) is 9.02. The quantitative estimate of drug-likeness (QED) is 0.440. The van der Waals surface area contributed by atoms with Gasteiger partial charge in [0, 0.05) is 29.6 Å². The molecule has 1 aromatic heterocycles. The van der Waals surface area contributed by atoms with Crippen molar-refractivity contribution in [3.8, 4) is 5.75 Å². The third kappa shape index (κ3) is 6.86. The number of anilines is 2. The number of amides is 2. The number of hydrogen-bond donors (Lipinski definition) is 3. The molecule has 3 N–H and O–H groups in total. The molecular formula is C23H28F3N3O3S. The van der Waals surface area contributed by atoms with Crippen molar-refractivity contribution in [2.24, 2.45) is 0 Å². The molecule has 1 aromatic carbocycles. The summed E-state index contributed by atoms with van der Waals surface area (Å²) in [6.07, 6.45) is -0.715. The molecule has 1 aliphatic carbocycles. The van der Waals surface area contributed by atoms with E-state index < -0.39 is 6.36 Å². The minimum Gasteiger partial charge on any atom is -0.406 e. The molecule has 6 nitrogen and oxygen atoms in total. The zero-order chi connectivity index (χ0) is 24.0. The Kier molecular flexibility index (Phi) is 8.23. The van der Waals surface area contributed by atoms with Gasteiger partial charge in [0.25, 0.3) is 5.91 Å². The molecule has 10 heteroatoms. The van der Waals surface area contributed by atoms with Gasteiger partial charge < -0.3 is 20.7 Å². The molecule has 0 aliphatic heterocycles. The molecule has 2 aromatic rings.